The van der Waals surface area contributed by atoms with Crippen LogP contribution in [-0.2, 0) is 0 Å². The van der Waals surface area contributed by atoms with Gasteiger partial charge in [-0.05, 0) is 12.3 Å². The molecule has 0 saturated heterocycles. The predicted octanol–water partition coefficient (Wildman–Crippen LogP) is 2.65. The van der Waals surface area contributed by atoms with Gasteiger partial charge in [0.05, 0.1) is 19.8 Å². The minimum atomic E-state index is 0.871. The molecule has 7 heavy (non-hydrogen) atoms. The maximum atomic E-state index is 2.25. The van der Waals surface area contributed by atoms with Gasteiger partial charge in [0.15, 0.2) is 0 Å². The van der Waals surface area contributed by atoms with Gasteiger partial charge in [0.1, 0.15) is 0 Å². The van der Waals surface area contributed by atoms with Crippen molar-refractivity contribution in [2.24, 2.45) is 5.92 Å². The predicted molar refractivity (Wildman–Crippen MR) is 34.0 cm³/mol. The van der Waals surface area contributed by atoms with Crippen molar-refractivity contribution in [3.63, 3.8) is 0 Å². The first-order chi connectivity index (χ1) is 3.27. The van der Waals surface area contributed by atoms with E-state index in [4.69, 9.17) is 0 Å². The van der Waals surface area contributed by atoms with Crippen LogP contribution in [0.2, 0.25) is 0 Å². The van der Waals surface area contributed by atoms with Crippen LogP contribution < -0.4 is 0 Å². The molecular formula is C7H15+. The zero-order chi connectivity index (χ0) is 5.70. The van der Waals surface area contributed by atoms with Crippen LogP contribution in [0.3, 0.4) is 0 Å². The molecule has 0 heteroatoms. The molecule has 0 aliphatic rings. The molecule has 0 aromatic carbocycles. The molecule has 0 saturated carbocycles. The zero-order valence-corrected chi connectivity index (χ0v) is 5.57. The first-order valence-corrected chi connectivity index (χ1v) is 3.05. The molecule has 42 valence electrons. The van der Waals surface area contributed by atoms with E-state index >= 15 is 0 Å². The summed E-state index contributed by atoms with van der Waals surface area (Å²) in [6.45, 7) is 6.62. The van der Waals surface area contributed by atoms with Crippen molar-refractivity contribution in [3.05, 3.63) is 6.42 Å². The van der Waals surface area contributed by atoms with Gasteiger partial charge < -0.3 is 0 Å². The van der Waals surface area contributed by atoms with E-state index in [0.29, 0.717) is 0 Å². The smallest absolute Gasteiger partial charge is 0.0626 e. The van der Waals surface area contributed by atoms with E-state index in [1.807, 2.05) is 0 Å². The van der Waals surface area contributed by atoms with Gasteiger partial charge in [-0.1, -0.05) is 13.8 Å². The fourth-order valence-electron chi connectivity index (χ4n) is 0.500. The highest BCUT2D eigenvalue weighted by Gasteiger charge is 1.94. The third-order valence-corrected chi connectivity index (χ3v) is 1.03. The monoisotopic (exact) mass is 99.1 g/mol. The molecule has 0 heterocycles. The molecule has 0 unspecified atom stereocenters. The standard InChI is InChI=1S/C7H15/c1-4-5-6-7(2)3/h4,7H,5-6H2,1-3H3/q+1. The third-order valence-electron chi connectivity index (χ3n) is 1.03. The quantitative estimate of drug-likeness (QED) is 0.477. The summed E-state index contributed by atoms with van der Waals surface area (Å²) in [7, 11) is 0. The Balaban J connectivity index is 2.68. The van der Waals surface area contributed by atoms with Gasteiger partial charge in [0.25, 0.3) is 0 Å². The molecule has 0 aromatic rings. The van der Waals surface area contributed by atoms with Crippen LogP contribution in [0.1, 0.15) is 33.6 Å². The summed E-state index contributed by atoms with van der Waals surface area (Å²) in [6, 6.07) is 0. The van der Waals surface area contributed by atoms with Crippen molar-refractivity contribution in [2.75, 3.05) is 0 Å². The lowest BCUT2D eigenvalue weighted by Gasteiger charge is -1.94. The van der Waals surface area contributed by atoms with Gasteiger partial charge in [-0.15, -0.1) is 0 Å². The second kappa shape index (κ2) is 4.04. The highest BCUT2D eigenvalue weighted by molar-refractivity contribution is 4.56. The third kappa shape index (κ3) is 5.87. The van der Waals surface area contributed by atoms with Gasteiger partial charge >= 0.3 is 0 Å². The Bertz CT molecular complexity index is 29.0. The molecule has 0 spiro atoms. The minimum Gasteiger partial charge on any atom is -0.0626 e. The summed E-state index contributed by atoms with van der Waals surface area (Å²) < 4.78 is 0. The molecule has 0 nitrogen and oxygen atoms in total. The molecule has 0 fully saturated rings. The van der Waals surface area contributed by atoms with E-state index in [2.05, 4.69) is 27.2 Å². The molecule has 0 rings (SSSR count). The van der Waals surface area contributed by atoms with Gasteiger partial charge in [-0.3, -0.25) is 0 Å². The number of rotatable bonds is 3. The van der Waals surface area contributed by atoms with Crippen LogP contribution in [0.15, 0.2) is 0 Å². The van der Waals surface area contributed by atoms with Crippen LogP contribution in [0.4, 0.5) is 0 Å². The average molecular weight is 99.2 g/mol. The lowest BCUT2D eigenvalue weighted by atomic mass is 10.1. The summed E-state index contributed by atoms with van der Waals surface area (Å²) in [6.07, 6.45) is 4.84. The summed E-state index contributed by atoms with van der Waals surface area (Å²) >= 11 is 0. The van der Waals surface area contributed by atoms with Crippen LogP contribution in [0.5, 0.6) is 0 Å². The highest BCUT2D eigenvalue weighted by atomic mass is 13.9. The van der Waals surface area contributed by atoms with E-state index < -0.39 is 0 Å². The maximum Gasteiger partial charge on any atom is 0.0874 e. The highest BCUT2D eigenvalue weighted by Crippen LogP contribution is 2.03. The summed E-state index contributed by atoms with van der Waals surface area (Å²) in [5, 5.41) is 0. The van der Waals surface area contributed by atoms with Crippen molar-refractivity contribution >= 4 is 0 Å². The largest absolute Gasteiger partial charge is 0.0874 e. The van der Waals surface area contributed by atoms with Crippen molar-refractivity contribution in [2.45, 2.75) is 33.6 Å². The van der Waals surface area contributed by atoms with Crippen molar-refractivity contribution in [1.29, 1.82) is 0 Å². The van der Waals surface area contributed by atoms with E-state index in [1.165, 1.54) is 12.8 Å². The SMILES string of the molecule is C[CH+]CCC(C)C. The second-order valence-electron chi connectivity index (χ2n) is 2.38. The van der Waals surface area contributed by atoms with Crippen molar-refractivity contribution < 1.29 is 0 Å². The fourth-order valence-corrected chi connectivity index (χ4v) is 0.500. The van der Waals surface area contributed by atoms with Gasteiger partial charge in [0, 0.05) is 0 Å². The second-order valence-corrected chi connectivity index (χ2v) is 2.38. The molecule has 0 radical (unpaired) electrons. The normalized spacial score (nSPS) is 9.71. The molecule has 0 atom stereocenters. The molecule has 0 bridgehead atoms. The van der Waals surface area contributed by atoms with Crippen molar-refractivity contribution in [1.82, 2.24) is 0 Å². The number of hydrogen-bond acceptors (Lipinski definition) is 0. The molecule has 0 amide bonds. The Morgan fingerprint density at radius 3 is 2.14 bits per heavy atom. The van der Waals surface area contributed by atoms with E-state index in [-0.39, 0.29) is 0 Å². The van der Waals surface area contributed by atoms with Gasteiger partial charge in [-0.25, -0.2) is 0 Å². The van der Waals surface area contributed by atoms with E-state index in [0.717, 1.165) is 5.92 Å². The molecule has 0 aliphatic heterocycles. The van der Waals surface area contributed by atoms with Crippen LogP contribution in [0.25, 0.3) is 0 Å². The first kappa shape index (κ1) is 6.87. The lowest BCUT2D eigenvalue weighted by molar-refractivity contribution is 0.583. The number of unbranched alkanes of at least 4 members (excludes halogenated alkanes) is 1. The summed E-state index contributed by atoms with van der Waals surface area (Å²) in [5.74, 6) is 0.871. The average Bonchev–Trinajstić information content (AvgIpc) is 1.61. The molecule has 0 N–H and O–H groups in total. The topological polar surface area (TPSA) is 0 Å². The van der Waals surface area contributed by atoms with E-state index in [1.54, 1.807) is 0 Å². The lowest BCUT2D eigenvalue weighted by Crippen LogP contribution is -1.84. The van der Waals surface area contributed by atoms with Crippen LogP contribution in [0, 0.1) is 12.3 Å². The summed E-state index contributed by atoms with van der Waals surface area (Å²) in [5.41, 5.74) is 0. The zero-order valence-electron chi connectivity index (χ0n) is 5.57. The minimum absolute atomic E-state index is 0.871. The van der Waals surface area contributed by atoms with E-state index in [9.17, 15) is 0 Å². The fraction of sp³-hybridized carbons (Fsp3) is 0.857. The Hall–Kier alpha value is -0.130. The van der Waals surface area contributed by atoms with Crippen LogP contribution >= 0.6 is 0 Å². The molecule has 0 aliphatic carbocycles. The Morgan fingerprint density at radius 2 is 2.00 bits per heavy atom. The Labute approximate surface area is 46.9 Å². The molecular weight excluding hydrogens is 84.1 g/mol. The van der Waals surface area contributed by atoms with Gasteiger partial charge in [0.2, 0.25) is 0 Å². The maximum absolute atomic E-state index is 2.25. The molecule has 0 aromatic heterocycles. The van der Waals surface area contributed by atoms with Crippen LogP contribution in [-0.4, -0.2) is 0 Å². The Kier molecular flexibility index (Phi) is 3.97. The number of hydrogen-bond donors (Lipinski definition) is 0. The first-order valence-electron chi connectivity index (χ1n) is 3.05. The summed E-state index contributed by atoms with van der Waals surface area (Å²) in [4.78, 5) is 0. The Morgan fingerprint density at radius 1 is 1.43 bits per heavy atom. The van der Waals surface area contributed by atoms with Crippen molar-refractivity contribution in [3.8, 4) is 0 Å². The van der Waals surface area contributed by atoms with Gasteiger partial charge in [-0.2, -0.15) is 0 Å².